The van der Waals surface area contributed by atoms with Crippen LogP contribution in [0, 0.1) is 12.7 Å². The topological polar surface area (TPSA) is 96.5 Å². The Kier molecular flexibility index (Phi) is 6.76. The lowest BCUT2D eigenvalue weighted by Gasteiger charge is -2.28. The largest absolute Gasteiger partial charge is 0.378 e. The van der Waals surface area contributed by atoms with E-state index in [9.17, 15) is 12.8 Å². The molecule has 1 saturated heterocycles. The first-order valence-corrected chi connectivity index (χ1v) is 10.6. The quantitative estimate of drug-likeness (QED) is 0.639. The normalized spacial score (nSPS) is 14.9. The Morgan fingerprint density at radius 3 is 2.61 bits per heavy atom. The fraction of sp³-hybridized carbons (Fsp3) is 0.444. The molecule has 1 aromatic carbocycles. The molecule has 0 spiro atoms. The summed E-state index contributed by atoms with van der Waals surface area (Å²) in [6, 6.07) is 6.67. The predicted octanol–water partition coefficient (Wildman–Crippen LogP) is 1.54. The van der Waals surface area contributed by atoms with E-state index in [1.54, 1.807) is 24.3 Å². The van der Waals surface area contributed by atoms with Crippen LogP contribution in [0.3, 0.4) is 0 Å². The number of sulfonamides is 1. The molecule has 0 unspecified atom stereocenters. The molecule has 1 fully saturated rings. The molecule has 0 atom stereocenters. The number of nitrogens with zero attached hydrogens (tertiary/aromatic N) is 3. The van der Waals surface area contributed by atoms with Gasteiger partial charge in [0.2, 0.25) is 16.0 Å². The first-order chi connectivity index (χ1) is 13.5. The highest BCUT2D eigenvalue weighted by molar-refractivity contribution is 7.89. The summed E-state index contributed by atoms with van der Waals surface area (Å²) >= 11 is 0. The Labute approximate surface area is 164 Å². The number of aromatic nitrogens is 2. The highest BCUT2D eigenvalue weighted by Gasteiger charge is 2.18. The number of morpholine rings is 1. The number of halogens is 1. The number of anilines is 2. The standard InChI is InChI=1S/C18H24FN5O3S/c1-14-3-5-15(6-4-14)28(25,26)22-8-2-7-20-18-21-13-16(19)17(23-18)24-9-11-27-12-10-24/h3-6,13,22H,2,7-12H2,1H3,(H,20,21,23). The number of ether oxygens (including phenoxy) is 1. The average Bonchev–Trinajstić information content (AvgIpc) is 2.70. The molecule has 0 amide bonds. The molecular weight excluding hydrogens is 385 g/mol. The van der Waals surface area contributed by atoms with Crippen molar-refractivity contribution in [1.82, 2.24) is 14.7 Å². The van der Waals surface area contributed by atoms with Crippen LogP contribution >= 0.6 is 0 Å². The summed E-state index contributed by atoms with van der Waals surface area (Å²) in [5.74, 6) is 0.0865. The summed E-state index contributed by atoms with van der Waals surface area (Å²) in [4.78, 5) is 10.2. The minimum absolute atomic E-state index is 0.239. The van der Waals surface area contributed by atoms with Crippen LogP contribution in [0.25, 0.3) is 0 Å². The van der Waals surface area contributed by atoms with Crippen LogP contribution < -0.4 is 14.9 Å². The molecule has 1 aromatic heterocycles. The minimum Gasteiger partial charge on any atom is -0.378 e. The molecule has 1 aliphatic heterocycles. The van der Waals surface area contributed by atoms with Crippen LogP contribution in [-0.2, 0) is 14.8 Å². The van der Waals surface area contributed by atoms with Gasteiger partial charge >= 0.3 is 0 Å². The Bertz CT molecular complexity index is 887. The fourth-order valence-corrected chi connectivity index (χ4v) is 3.81. The molecule has 0 saturated carbocycles. The molecule has 152 valence electrons. The number of hydrogen-bond acceptors (Lipinski definition) is 7. The van der Waals surface area contributed by atoms with Crippen molar-refractivity contribution in [3.63, 3.8) is 0 Å². The van der Waals surface area contributed by atoms with Crippen molar-refractivity contribution in [2.45, 2.75) is 18.2 Å². The second kappa shape index (κ2) is 9.26. The molecule has 28 heavy (non-hydrogen) atoms. The average molecular weight is 409 g/mol. The summed E-state index contributed by atoms with van der Waals surface area (Å²) in [7, 11) is -3.53. The Hall–Kier alpha value is -2.30. The molecule has 0 radical (unpaired) electrons. The Morgan fingerprint density at radius 2 is 1.89 bits per heavy atom. The van der Waals surface area contributed by atoms with E-state index >= 15 is 0 Å². The van der Waals surface area contributed by atoms with E-state index < -0.39 is 15.8 Å². The van der Waals surface area contributed by atoms with Crippen LogP contribution in [0.15, 0.2) is 35.4 Å². The van der Waals surface area contributed by atoms with Crippen LogP contribution in [0.5, 0.6) is 0 Å². The maximum absolute atomic E-state index is 14.0. The summed E-state index contributed by atoms with van der Waals surface area (Å²) in [6.45, 7) is 4.84. The lowest BCUT2D eigenvalue weighted by atomic mass is 10.2. The second-order valence-corrected chi connectivity index (χ2v) is 8.22. The van der Waals surface area contributed by atoms with Crippen molar-refractivity contribution in [1.29, 1.82) is 0 Å². The maximum Gasteiger partial charge on any atom is 0.240 e. The van der Waals surface area contributed by atoms with Gasteiger partial charge in [-0.2, -0.15) is 4.98 Å². The van der Waals surface area contributed by atoms with Gasteiger partial charge in [0.1, 0.15) is 0 Å². The van der Waals surface area contributed by atoms with E-state index in [2.05, 4.69) is 20.0 Å². The van der Waals surface area contributed by atoms with Gasteiger partial charge in [0, 0.05) is 26.2 Å². The van der Waals surface area contributed by atoms with Crippen molar-refractivity contribution < 1.29 is 17.5 Å². The lowest BCUT2D eigenvalue weighted by Crippen LogP contribution is -2.37. The van der Waals surface area contributed by atoms with Crippen LogP contribution in [0.1, 0.15) is 12.0 Å². The number of aryl methyl sites for hydroxylation is 1. The van der Waals surface area contributed by atoms with Crippen LogP contribution in [0.2, 0.25) is 0 Å². The molecule has 3 rings (SSSR count). The van der Waals surface area contributed by atoms with Gasteiger partial charge in [0.05, 0.1) is 24.3 Å². The van der Waals surface area contributed by atoms with Crippen molar-refractivity contribution >= 4 is 21.8 Å². The predicted molar refractivity (Wildman–Crippen MR) is 104 cm³/mol. The number of nitrogens with one attached hydrogen (secondary N) is 2. The SMILES string of the molecule is Cc1ccc(S(=O)(=O)NCCCNc2ncc(F)c(N3CCOCC3)n2)cc1. The zero-order valence-electron chi connectivity index (χ0n) is 15.7. The number of hydrogen-bond donors (Lipinski definition) is 2. The monoisotopic (exact) mass is 409 g/mol. The van der Waals surface area contributed by atoms with Crippen molar-refractivity contribution in [3.05, 3.63) is 41.8 Å². The van der Waals surface area contributed by atoms with Gasteiger partial charge in [0.25, 0.3) is 0 Å². The van der Waals surface area contributed by atoms with E-state index in [1.165, 1.54) is 0 Å². The van der Waals surface area contributed by atoms with Crippen molar-refractivity contribution in [2.75, 3.05) is 49.6 Å². The first kappa shape index (κ1) is 20.4. The van der Waals surface area contributed by atoms with E-state index in [0.29, 0.717) is 45.2 Å². The third-order valence-electron chi connectivity index (χ3n) is 4.30. The highest BCUT2D eigenvalue weighted by atomic mass is 32.2. The van der Waals surface area contributed by atoms with E-state index in [4.69, 9.17) is 4.74 Å². The molecule has 0 bridgehead atoms. The molecule has 0 aliphatic carbocycles. The van der Waals surface area contributed by atoms with Gasteiger partial charge in [-0.25, -0.2) is 22.5 Å². The summed E-state index contributed by atoms with van der Waals surface area (Å²) in [5, 5.41) is 3.00. The third-order valence-corrected chi connectivity index (χ3v) is 5.77. The Balaban J connectivity index is 1.48. The molecular formula is C18H24FN5O3S. The minimum atomic E-state index is -3.53. The summed E-state index contributed by atoms with van der Waals surface area (Å²) in [6.07, 6.45) is 1.67. The zero-order valence-corrected chi connectivity index (χ0v) is 16.5. The fourth-order valence-electron chi connectivity index (χ4n) is 2.74. The first-order valence-electron chi connectivity index (χ1n) is 9.11. The van der Waals surface area contributed by atoms with E-state index in [0.717, 1.165) is 11.8 Å². The van der Waals surface area contributed by atoms with Gasteiger partial charge in [-0.05, 0) is 25.5 Å². The zero-order chi connectivity index (χ0) is 20.0. The molecule has 10 heteroatoms. The lowest BCUT2D eigenvalue weighted by molar-refractivity contribution is 0.122. The summed E-state index contributed by atoms with van der Waals surface area (Å²) < 4.78 is 46.3. The molecule has 2 heterocycles. The summed E-state index contributed by atoms with van der Waals surface area (Å²) in [5.41, 5.74) is 0.999. The smallest absolute Gasteiger partial charge is 0.240 e. The van der Waals surface area contributed by atoms with E-state index in [1.807, 2.05) is 11.8 Å². The van der Waals surface area contributed by atoms with Gasteiger partial charge in [-0.3, -0.25) is 0 Å². The molecule has 2 aromatic rings. The van der Waals surface area contributed by atoms with Crippen molar-refractivity contribution in [3.8, 4) is 0 Å². The van der Waals surface area contributed by atoms with Crippen molar-refractivity contribution in [2.24, 2.45) is 0 Å². The number of rotatable bonds is 8. The van der Waals surface area contributed by atoms with Gasteiger partial charge < -0.3 is 15.0 Å². The molecule has 2 N–H and O–H groups in total. The highest BCUT2D eigenvalue weighted by Crippen LogP contribution is 2.18. The second-order valence-electron chi connectivity index (χ2n) is 6.46. The third kappa shape index (κ3) is 5.37. The van der Waals surface area contributed by atoms with Crippen LogP contribution in [0.4, 0.5) is 16.2 Å². The van der Waals surface area contributed by atoms with Gasteiger partial charge in [0.15, 0.2) is 11.6 Å². The van der Waals surface area contributed by atoms with Gasteiger partial charge in [-0.1, -0.05) is 17.7 Å². The van der Waals surface area contributed by atoms with E-state index in [-0.39, 0.29) is 17.3 Å². The number of benzene rings is 1. The Morgan fingerprint density at radius 1 is 1.18 bits per heavy atom. The molecule has 8 nitrogen and oxygen atoms in total. The molecule has 1 aliphatic rings. The van der Waals surface area contributed by atoms with Crippen LogP contribution in [-0.4, -0.2) is 57.8 Å². The maximum atomic E-state index is 14.0. The van der Waals surface area contributed by atoms with Gasteiger partial charge in [-0.15, -0.1) is 0 Å².